The van der Waals surface area contributed by atoms with Crippen LogP contribution in [-0.4, -0.2) is 31.6 Å². The molecule has 1 fully saturated rings. The number of ether oxygens (including phenoxy) is 1. The third kappa shape index (κ3) is 2.82. The number of morpholine rings is 1. The van der Waals surface area contributed by atoms with Gasteiger partial charge in [0.2, 0.25) is 0 Å². The average molecular weight is 266 g/mol. The maximum absolute atomic E-state index is 5.93. The zero-order valence-corrected chi connectivity index (χ0v) is 12.2. The summed E-state index contributed by atoms with van der Waals surface area (Å²) in [5, 5.41) is 0. The summed E-state index contributed by atoms with van der Waals surface area (Å²) in [6.45, 7) is 7.50. The summed E-state index contributed by atoms with van der Waals surface area (Å²) in [5.41, 5.74) is 8.36. The van der Waals surface area contributed by atoms with Gasteiger partial charge in [-0.3, -0.25) is 0 Å². The third-order valence-corrected chi connectivity index (χ3v) is 4.12. The van der Waals surface area contributed by atoms with Crippen LogP contribution < -0.4 is 10.6 Å². The number of thioether (sulfide) groups is 1. The molecule has 1 saturated heterocycles. The Morgan fingerprint density at radius 2 is 2.22 bits per heavy atom. The van der Waals surface area contributed by atoms with E-state index in [1.807, 2.05) is 0 Å². The van der Waals surface area contributed by atoms with Crippen molar-refractivity contribution < 1.29 is 4.74 Å². The Balaban J connectivity index is 2.32. The van der Waals surface area contributed by atoms with Crippen molar-refractivity contribution >= 4 is 17.4 Å². The number of hydrogen-bond donors (Lipinski definition) is 1. The van der Waals surface area contributed by atoms with Crippen molar-refractivity contribution in [2.75, 3.05) is 30.9 Å². The molecule has 0 unspecified atom stereocenters. The number of nitrogens with zero attached hydrogens (tertiary/aromatic N) is 1. The van der Waals surface area contributed by atoms with E-state index >= 15 is 0 Å². The summed E-state index contributed by atoms with van der Waals surface area (Å²) >= 11 is 1.76. The molecule has 0 radical (unpaired) electrons. The first-order chi connectivity index (χ1) is 8.57. The highest BCUT2D eigenvalue weighted by Gasteiger charge is 2.28. The van der Waals surface area contributed by atoms with Crippen LogP contribution in [0.2, 0.25) is 0 Å². The molecule has 0 spiro atoms. The highest BCUT2D eigenvalue weighted by atomic mass is 32.2. The minimum Gasteiger partial charge on any atom is -0.372 e. The van der Waals surface area contributed by atoms with Gasteiger partial charge in [0.15, 0.2) is 0 Å². The summed E-state index contributed by atoms with van der Waals surface area (Å²) in [4.78, 5) is 3.67. The quantitative estimate of drug-likeness (QED) is 0.853. The molecule has 0 atom stereocenters. The van der Waals surface area contributed by atoms with Gasteiger partial charge < -0.3 is 15.4 Å². The van der Waals surface area contributed by atoms with Crippen molar-refractivity contribution in [2.45, 2.75) is 30.9 Å². The Morgan fingerprint density at radius 1 is 1.44 bits per heavy atom. The van der Waals surface area contributed by atoms with Crippen LogP contribution in [0.3, 0.4) is 0 Å². The minimum atomic E-state index is -0.0838. The molecule has 0 bridgehead atoms. The summed E-state index contributed by atoms with van der Waals surface area (Å²) in [6.07, 6.45) is 2.10. The number of benzene rings is 1. The van der Waals surface area contributed by atoms with Crippen molar-refractivity contribution in [2.24, 2.45) is 5.73 Å². The molecule has 0 saturated carbocycles. The largest absolute Gasteiger partial charge is 0.372 e. The van der Waals surface area contributed by atoms with Gasteiger partial charge in [-0.25, -0.2) is 0 Å². The van der Waals surface area contributed by atoms with Crippen LogP contribution in [0, 0.1) is 0 Å². The fourth-order valence-electron chi connectivity index (χ4n) is 2.47. The topological polar surface area (TPSA) is 38.5 Å². The van der Waals surface area contributed by atoms with Crippen molar-refractivity contribution in [3.8, 4) is 0 Å². The van der Waals surface area contributed by atoms with Gasteiger partial charge in [-0.2, -0.15) is 0 Å². The van der Waals surface area contributed by atoms with Gasteiger partial charge in [-0.15, -0.1) is 11.8 Å². The Kier molecular flexibility index (Phi) is 4.20. The van der Waals surface area contributed by atoms with E-state index in [-0.39, 0.29) is 5.60 Å². The van der Waals surface area contributed by atoms with Crippen LogP contribution in [0.25, 0.3) is 0 Å². The lowest BCUT2D eigenvalue weighted by atomic mass is 10.0. The number of rotatable bonds is 3. The first-order valence-corrected chi connectivity index (χ1v) is 7.55. The number of anilines is 1. The summed E-state index contributed by atoms with van der Waals surface area (Å²) in [6, 6.07) is 6.42. The van der Waals surface area contributed by atoms with E-state index in [1.54, 1.807) is 11.8 Å². The Bertz CT molecular complexity index is 420. The van der Waals surface area contributed by atoms with Crippen LogP contribution >= 0.6 is 11.8 Å². The van der Waals surface area contributed by atoms with E-state index in [4.69, 9.17) is 10.5 Å². The SMILES string of the molecule is CSc1cccc(N2CCOC(C)(C)C2)c1CN. The van der Waals surface area contributed by atoms with E-state index in [0.29, 0.717) is 6.54 Å². The first-order valence-electron chi connectivity index (χ1n) is 6.32. The Morgan fingerprint density at radius 3 is 2.83 bits per heavy atom. The molecular weight excluding hydrogens is 244 g/mol. The van der Waals surface area contributed by atoms with E-state index in [1.165, 1.54) is 16.1 Å². The van der Waals surface area contributed by atoms with Crippen LogP contribution in [-0.2, 0) is 11.3 Å². The smallest absolute Gasteiger partial charge is 0.0801 e. The minimum absolute atomic E-state index is 0.0838. The van der Waals surface area contributed by atoms with E-state index in [9.17, 15) is 0 Å². The third-order valence-electron chi connectivity index (χ3n) is 3.30. The fourth-order valence-corrected chi connectivity index (χ4v) is 3.12. The molecule has 100 valence electrons. The van der Waals surface area contributed by atoms with Gasteiger partial charge in [0.25, 0.3) is 0 Å². The van der Waals surface area contributed by atoms with Gasteiger partial charge in [-0.05, 0) is 32.2 Å². The molecule has 2 N–H and O–H groups in total. The Hall–Kier alpha value is -0.710. The van der Waals surface area contributed by atoms with E-state index in [2.05, 4.69) is 43.2 Å². The van der Waals surface area contributed by atoms with Gasteiger partial charge in [0.05, 0.1) is 12.2 Å². The summed E-state index contributed by atoms with van der Waals surface area (Å²) in [7, 11) is 0. The highest BCUT2D eigenvalue weighted by molar-refractivity contribution is 7.98. The average Bonchev–Trinajstić information content (AvgIpc) is 2.36. The molecular formula is C14H22N2OS. The molecule has 0 aromatic heterocycles. The van der Waals surface area contributed by atoms with Gasteiger partial charge in [0.1, 0.15) is 0 Å². The van der Waals surface area contributed by atoms with Crippen LogP contribution in [0.4, 0.5) is 5.69 Å². The molecule has 1 aliphatic heterocycles. The molecule has 1 heterocycles. The molecule has 1 aromatic carbocycles. The van der Waals surface area contributed by atoms with Gasteiger partial charge in [0, 0.05) is 35.8 Å². The molecule has 0 amide bonds. The molecule has 1 aliphatic rings. The predicted molar refractivity (Wildman–Crippen MR) is 78.4 cm³/mol. The van der Waals surface area contributed by atoms with Gasteiger partial charge >= 0.3 is 0 Å². The molecule has 0 aliphatic carbocycles. The normalized spacial score (nSPS) is 19.0. The van der Waals surface area contributed by atoms with Crippen molar-refractivity contribution in [1.82, 2.24) is 0 Å². The second-order valence-corrected chi connectivity index (χ2v) is 6.04. The first kappa shape index (κ1) is 13.7. The highest BCUT2D eigenvalue weighted by Crippen LogP contribution is 2.31. The lowest BCUT2D eigenvalue weighted by Gasteiger charge is -2.40. The monoisotopic (exact) mass is 266 g/mol. The fraction of sp³-hybridized carbons (Fsp3) is 0.571. The predicted octanol–water partition coefficient (Wildman–Crippen LogP) is 2.48. The molecule has 2 rings (SSSR count). The van der Waals surface area contributed by atoms with Crippen molar-refractivity contribution in [1.29, 1.82) is 0 Å². The van der Waals surface area contributed by atoms with Crippen LogP contribution in [0.1, 0.15) is 19.4 Å². The van der Waals surface area contributed by atoms with Crippen molar-refractivity contribution in [3.05, 3.63) is 23.8 Å². The maximum Gasteiger partial charge on any atom is 0.0801 e. The lowest BCUT2D eigenvalue weighted by Crippen LogP contribution is -2.48. The maximum atomic E-state index is 5.93. The van der Waals surface area contributed by atoms with Gasteiger partial charge in [-0.1, -0.05) is 6.07 Å². The number of nitrogens with two attached hydrogens (primary N) is 1. The summed E-state index contributed by atoms with van der Waals surface area (Å²) < 4.78 is 5.77. The summed E-state index contributed by atoms with van der Waals surface area (Å²) in [5.74, 6) is 0. The zero-order chi connectivity index (χ0) is 13.2. The molecule has 4 heteroatoms. The molecule has 18 heavy (non-hydrogen) atoms. The standard InChI is InChI=1S/C14H22N2OS/c1-14(2)10-16(7-8-17-14)12-5-4-6-13(18-3)11(12)9-15/h4-6H,7-10,15H2,1-3H3. The second-order valence-electron chi connectivity index (χ2n) is 5.19. The second kappa shape index (κ2) is 5.51. The number of hydrogen-bond acceptors (Lipinski definition) is 4. The van der Waals surface area contributed by atoms with E-state index < -0.39 is 0 Å². The molecule has 1 aromatic rings. The zero-order valence-electron chi connectivity index (χ0n) is 11.4. The van der Waals surface area contributed by atoms with E-state index in [0.717, 1.165) is 19.7 Å². The lowest BCUT2D eigenvalue weighted by molar-refractivity contribution is -0.0277. The molecule has 3 nitrogen and oxygen atoms in total. The van der Waals surface area contributed by atoms with Crippen molar-refractivity contribution in [3.63, 3.8) is 0 Å². The Labute approximate surface area is 114 Å². The van der Waals surface area contributed by atoms with Crippen LogP contribution in [0.15, 0.2) is 23.1 Å². The van der Waals surface area contributed by atoms with Crippen LogP contribution in [0.5, 0.6) is 0 Å².